The maximum atomic E-state index is 8.46. The summed E-state index contributed by atoms with van der Waals surface area (Å²) >= 11 is 0. The molecule has 0 unspecified atom stereocenters. The summed E-state index contributed by atoms with van der Waals surface area (Å²) in [5, 5.41) is 9.28. The number of aliphatic hydroxyl groups excluding tert-OH is 1. The van der Waals surface area contributed by atoms with Gasteiger partial charge in [-0.3, -0.25) is 4.99 Å². The molecule has 4 heteroatoms. The van der Waals surface area contributed by atoms with Crippen LogP contribution in [0.1, 0.15) is 0 Å². The topological polar surface area (TPSA) is 32.6 Å². The van der Waals surface area contributed by atoms with Gasteiger partial charge in [0.2, 0.25) is 0 Å². The lowest BCUT2D eigenvalue weighted by Gasteiger charge is -1.96. The minimum absolute atomic E-state index is 0.191. The first-order valence-electron chi connectivity index (χ1n) is 3.05. The van der Waals surface area contributed by atoms with Gasteiger partial charge in [-0.15, -0.1) is 0 Å². The number of hydrogen-bond donors (Lipinski definition) is 1. The third-order valence-electron chi connectivity index (χ3n) is 0.735. The molecule has 0 aromatic carbocycles. The van der Waals surface area contributed by atoms with E-state index < -0.39 is 0 Å². The van der Waals surface area contributed by atoms with Crippen LogP contribution in [-0.4, -0.2) is 24.2 Å². The van der Waals surface area contributed by atoms with Crippen molar-refractivity contribution in [2.75, 3.05) is 12.4 Å². The monoisotopic (exact) mass is 189 g/mol. The zero-order valence-corrected chi connectivity index (χ0v) is 7.83. The minimum Gasteiger partial charge on any atom is -0.395 e. The van der Waals surface area contributed by atoms with Crippen LogP contribution in [0.4, 0.5) is 0 Å². The van der Waals surface area contributed by atoms with E-state index in [0.29, 0.717) is 5.75 Å². The average Bonchev–Trinajstić information content (AvgIpc) is 2.03. The molecule has 0 aliphatic rings. The van der Waals surface area contributed by atoms with Gasteiger partial charge >= 0.3 is 0 Å². The molecule has 0 aliphatic carbocycles. The summed E-state index contributed by atoms with van der Waals surface area (Å²) in [7, 11) is 3.03. The lowest BCUT2D eigenvalue weighted by Crippen LogP contribution is -1.81. The minimum atomic E-state index is 0.191. The summed E-state index contributed by atoms with van der Waals surface area (Å²) in [6.07, 6.45) is 3.44. The van der Waals surface area contributed by atoms with Gasteiger partial charge < -0.3 is 5.11 Å². The largest absolute Gasteiger partial charge is 0.395 e. The molecule has 0 fully saturated rings. The zero-order chi connectivity index (χ0) is 8.53. The second kappa shape index (κ2) is 7.91. The van der Waals surface area contributed by atoms with Crippen molar-refractivity contribution in [2.45, 2.75) is 0 Å². The Morgan fingerprint density at radius 2 is 2.36 bits per heavy atom. The van der Waals surface area contributed by atoms with Crippen LogP contribution in [0.3, 0.4) is 0 Å². The Kier molecular flexibility index (Phi) is 7.78. The Morgan fingerprint density at radius 1 is 1.64 bits per heavy atom. The first kappa shape index (κ1) is 10.8. The van der Waals surface area contributed by atoms with Gasteiger partial charge in [-0.05, 0) is 23.6 Å². The van der Waals surface area contributed by atoms with Gasteiger partial charge in [-0.2, -0.15) is 0 Å². The molecule has 0 saturated heterocycles. The van der Waals surface area contributed by atoms with Crippen LogP contribution in [-0.2, 0) is 0 Å². The highest BCUT2D eigenvalue weighted by Gasteiger charge is 1.92. The van der Waals surface area contributed by atoms with E-state index in [0.717, 1.165) is 5.03 Å². The van der Waals surface area contributed by atoms with Crippen LogP contribution in [0.25, 0.3) is 0 Å². The number of rotatable bonds is 6. The van der Waals surface area contributed by atoms with Gasteiger partial charge in [0.1, 0.15) is 5.03 Å². The van der Waals surface area contributed by atoms with Crippen molar-refractivity contribution in [3.63, 3.8) is 0 Å². The van der Waals surface area contributed by atoms with Crippen LogP contribution in [0, 0.1) is 0 Å². The molecule has 0 saturated carbocycles. The maximum Gasteiger partial charge on any atom is 0.106 e. The Morgan fingerprint density at radius 3 is 2.82 bits per heavy atom. The van der Waals surface area contributed by atoms with Crippen LogP contribution in [0.5, 0.6) is 0 Å². The number of aliphatic imine (C=N–C) groups is 1. The van der Waals surface area contributed by atoms with E-state index in [-0.39, 0.29) is 6.61 Å². The molecular weight excluding hydrogens is 178 g/mol. The van der Waals surface area contributed by atoms with Crippen molar-refractivity contribution in [3.8, 4) is 0 Å². The van der Waals surface area contributed by atoms with Gasteiger partial charge in [0.15, 0.2) is 0 Å². The van der Waals surface area contributed by atoms with E-state index in [9.17, 15) is 0 Å². The SMILES string of the molecule is C=C/C=C(\N=C)SSCCO. The summed E-state index contributed by atoms with van der Waals surface area (Å²) in [5.41, 5.74) is 0. The molecule has 0 spiro atoms. The van der Waals surface area contributed by atoms with Gasteiger partial charge in [-0.1, -0.05) is 23.4 Å². The average molecular weight is 189 g/mol. The normalized spacial score (nSPS) is 11.2. The van der Waals surface area contributed by atoms with Crippen molar-refractivity contribution in [1.29, 1.82) is 0 Å². The molecule has 0 radical (unpaired) electrons. The lowest BCUT2D eigenvalue weighted by molar-refractivity contribution is 0.323. The van der Waals surface area contributed by atoms with Gasteiger partial charge in [0, 0.05) is 5.75 Å². The fraction of sp³-hybridized carbons (Fsp3) is 0.286. The van der Waals surface area contributed by atoms with Crippen molar-refractivity contribution >= 4 is 28.3 Å². The van der Waals surface area contributed by atoms with Crippen molar-refractivity contribution < 1.29 is 5.11 Å². The van der Waals surface area contributed by atoms with Crippen LogP contribution >= 0.6 is 21.6 Å². The third-order valence-corrected chi connectivity index (χ3v) is 3.00. The van der Waals surface area contributed by atoms with Crippen molar-refractivity contribution in [2.24, 2.45) is 4.99 Å². The van der Waals surface area contributed by atoms with E-state index in [1.165, 1.54) is 10.8 Å². The van der Waals surface area contributed by atoms with E-state index in [1.54, 1.807) is 22.9 Å². The molecule has 1 N–H and O–H groups in total. The van der Waals surface area contributed by atoms with E-state index in [1.807, 2.05) is 0 Å². The van der Waals surface area contributed by atoms with Gasteiger partial charge in [0.05, 0.1) is 6.61 Å². The number of nitrogens with zero attached hydrogens (tertiary/aromatic N) is 1. The Balaban J connectivity index is 3.60. The number of hydrogen-bond acceptors (Lipinski definition) is 4. The summed E-state index contributed by atoms with van der Waals surface area (Å²) < 4.78 is 0. The zero-order valence-electron chi connectivity index (χ0n) is 6.19. The summed E-state index contributed by atoms with van der Waals surface area (Å²) in [6.45, 7) is 7.13. The maximum absolute atomic E-state index is 8.46. The Bertz CT molecular complexity index is 157. The standard InChI is InChI=1S/C7H11NOS2/c1-3-4-7(8-2)11-10-6-5-9/h3-4,9H,1-2,5-6H2/b7-4+. The first-order valence-corrected chi connectivity index (χ1v) is 5.36. The Labute approximate surface area is 74.9 Å². The van der Waals surface area contributed by atoms with Crippen molar-refractivity contribution in [3.05, 3.63) is 23.8 Å². The predicted molar refractivity (Wildman–Crippen MR) is 55.0 cm³/mol. The van der Waals surface area contributed by atoms with E-state index >= 15 is 0 Å². The van der Waals surface area contributed by atoms with Crippen molar-refractivity contribution in [1.82, 2.24) is 0 Å². The highest BCUT2D eigenvalue weighted by molar-refractivity contribution is 8.78. The molecule has 0 atom stereocenters. The molecule has 0 rings (SSSR count). The molecular formula is C7H11NOS2. The third kappa shape index (κ3) is 6.22. The van der Waals surface area contributed by atoms with Crippen LogP contribution in [0.15, 0.2) is 28.8 Å². The second-order valence-electron chi connectivity index (χ2n) is 1.53. The summed E-state index contributed by atoms with van der Waals surface area (Å²) in [5.74, 6) is 0.703. The van der Waals surface area contributed by atoms with Gasteiger partial charge in [0.25, 0.3) is 0 Å². The quantitative estimate of drug-likeness (QED) is 0.300. The predicted octanol–water partition coefficient (Wildman–Crippen LogP) is 2.09. The molecule has 0 amide bonds. The van der Waals surface area contributed by atoms with Crippen LogP contribution < -0.4 is 0 Å². The molecule has 0 aliphatic heterocycles. The first-order chi connectivity index (χ1) is 5.35. The fourth-order valence-electron chi connectivity index (χ4n) is 0.347. The number of aliphatic hydroxyl groups is 1. The smallest absolute Gasteiger partial charge is 0.106 e. The molecule has 0 aromatic heterocycles. The fourth-order valence-corrected chi connectivity index (χ4v) is 1.99. The molecule has 62 valence electrons. The lowest BCUT2D eigenvalue weighted by atomic mass is 10.6. The summed E-state index contributed by atoms with van der Waals surface area (Å²) in [6, 6.07) is 0. The highest BCUT2D eigenvalue weighted by Crippen LogP contribution is 2.29. The molecule has 0 heterocycles. The van der Waals surface area contributed by atoms with E-state index in [4.69, 9.17) is 5.11 Å². The van der Waals surface area contributed by atoms with E-state index in [2.05, 4.69) is 18.3 Å². The van der Waals surface area contributed by atoms with Gasteiger partial charge in [-0.25, -0.2) is 0 Å². The van der Waals surface area contributed by atoms with Crippen LogP contribution in [0.2, 0.25) is 0 Å². The molecule has 2 nitrogen and oxygen atoms in total. The molecule has 11 heavy (non-hydrogen) atoms. The molecule has 0 aromatic rings. The second-order valence-corrected chi connectivity index (χ2v) is 3.96. The highest BCUT2D eigenvalue weighted by atomic mass is 33.1. The Hall–Kier alpha value is -0.190. The summed E-state index contributed by atoms with van der Waals surface area (Å²) in [4.78, 5) is 3.75. The molecule has 0 bridgehead atoms. The number of allylic oxidation sites excluding steroid dienone is 2.